The van der Waals surface area contributed by atoms with E-state index in [2.05, 4.69) is 19.9 Å². The van der Waals surface area contributed by atoms with Crippen molar-refractivity contribution in [3.63, 3.8) is 0 Å². The van der Waals surface area contributed by atoms with E-state index in [0.29, 0.717) is 19.3 Å². The molecule has 37 heavy (non-hydrogen) atoms. The molecule has 204 valence electrons. The molecule has 4 rings (SSSR count). The van der Waals surface area contributed by atoms with Crippen molar-refractivity contribution >= 4 is 17.9 Å². The molecule has 2 N–H and O–H groups in total. The number of aliphatic carboxylic acids is 2. The molecular formula is C21H22F6N4O6. The van der Waals surface area contributed by atoms with Crippen molar-refractivity contribution in [3.8, 4) is 0 Å². The molecule has 1 aliphatic carbocycles. The average Bonchev–Trinajstić information content (AvgIpc) is 3.27. The minimum atomic E-state index is -5.08. The lowest BCUT2D eigenvalue weighted by molar-refractivity contribution is -0.193. The van der Waals surface area contributed by atoms with Gasteiger partial charge in [0, 0.05) is 31.3 Å². The van der Waals surface area contributed by atoms with Crippen LogP contribution in [0.4, 0.5) is 32.3 Å². The highest BCUT2D eigenvalue weighted by molar-refractivity contribution is 5.73. The summed E-state index contributed by atoms with van der Waals surface area (Å²) in [4.78, 5) is 33.0. The SMILES string of the molecule is O=C(O)C(F)(F)F.O=C(O)C(F)(F)F.c1cnc(N2CCO[C@H]3[C@H](OCc4cccnc4)CC[C@@H]32)nc1. The van der Waals surface area contributed by atoms with E-state index in [1.807, 2.05) is 24.4 Å². The van der Waals surface area contributed by atoms with Gasteiger partial charge in [-0.3, -0.25) is 4.98 Å². The number of anilines is 1. The summed E-state index contributed by atoms with van der Waals surface area (Å²) in [6.07, 6.45) is -0.721. The Kier molecular flexibility index (Phi) is 10.5. The van der Waals surface area contributed by atoms with Crippen LogP contribution < -0.4 is 4.90 Å². The average molecular weight is 540 g/mol. The molecule has 1 saturated carbocycles. The standard InChI is InChI=1S/C17H20N4O2.2C2HF3O2/c1-3-13(11-18-6-1)12-23-15-5-4-14-16(15)22-10-9-21(14)17-19-7-2-8-20-17;2*3-2(4,5)1(6)7/h1-3,6-8,11,14-16H,4-5,9-10,12H2;2*(H,6,7)/t14-,15+,16+;;/m0../s1. The molecule has 0 spiro atoms. The summed E-state index contributed by atoms with van der Waals surface area (Å²) in [7, 11) is 0. The summed E-state index contributed by atoms with van der Waals surface area (Å²) in [5, 5.41) is 14.2. The van der Waals surface area contributed by atoms with E-state index in [0.717, 1.165) is 30.9 Å². The molecule has 0 aromatic carbocycles. The van der Waals surface area contributed by atoms with Crippen molar-refractivity contribution in [2.75, 3.05) is 18.1 Å². The molecule has 10 nitrogen and oxygen atoms in total. The Morgan fingerprint density at radius 3 is 2.11 bits per heavy atom. The molecule has 1 aliphatic heterocycles. The number of aromatic nitrogens is 3. The van der Waals surface area contributed by atoms with Gasteiger partial charge in [0.05, 0.1) is 25.4 Å². The maximum Gasteiger partial charge on any atom is 0.490 e. The second-order valence-electron chi connectivity index (χ2n) is 7.54. The van der Waals surface area contributed by atoms with Gasteiger partial charge in [0.1, 0.15) is 6.10 Å². The number of carboxylic acid groups (broad SMARTS) is 2. The van der Waals surface area contributed by atoms with Crippen LogP contribution in [0.25, 0.3) is 0 Å². The first-order valence-electron chi connectivity index (χ1n) is 10.6. The summed E-state index contributed by atoms with van der Waals surface area (Å²) in [5.41, 5.74) is 1.09. The van der Waals surface area contributed by atoms with Crippen LogP contribution in [0, 0.1) is 0 Å². The summed E-state index contributed by atoms with van der Waals surface area (Å²) >= 11 is 0. The van der Waals surface area contributed by atoms with Crippen LogP contribution in [0.3, 0.4) is 0 Å². The largest absolute Gasteiger partial charge is 0.490 e. The van der Waals surface area contributed by atoms with Crippen LogP contribution in [0.2, 0.25) is 0 Å². The minimum Gasteiger partial charge on any atom is -0.475 e. The fraction of sp³-hybridized carbons (Fsp3) is 0.476. The monoisotopic (exact) mass is 540 g/mol. The van der Waals surface area contributed by atoms with Crippen LogP contribution in [-0.4, -0.2) is 80.9 Å². The number of fused-ring (bicyclic) bond motifs is 1. The van der Waals surface area contributed by atoms with Gasteiger partial charge in [-0.2, -0.15) is 26.3 Å². The summed E-state index contributed by atoms with van der Waals surface area (Å²) in [6, 6.07) is 6.10. The molecule has 0 amide bonds. The van der Waals surface area contributed by atoms with Gasteiger partial charge in [0.2, 0.25) is 5.95 Å². The molecule has 0 unspecified atom stereocenters. The maximum atomic E-state index is 10.6. The van der Waals surface area contributed by atoms with Gasteiger partial charge in [-0.05, 0) is 30.5 Å². The number of ether oxygens (including phenoxy) is 2. The van der Waals surface area contributed by atoms with Gasteiger partial charge < -0.3 is 24.6 Å². The lowest BCUT2D eigenvalue weighted by Gasteiger charge is -2.39. The number of rotatable bonds is 4. The highest BCUT2D eigenvalue weighted by Crippen LogP contribution is 2.34. The number of hydrogen-bond donors (Lipinski definition) is 2. The van der Waals surface area contributed by atoms with Crippen molar-refractivity contribution in [1.82, 2.24) is 15.0 Å². The number of carboxylic acids is 2. The summed E-state index contributed by atoms with van der Waals surface area (Å²) in [6.45, 7) is 2.10. The molecule has 2 aromatic rings. The van der Waals surface area contributed by atoms with Crippen molar-refractivity contribution in [2.24, 2.45) is 0 Å². The Labute approximate surface area is 205 Å². The topological polar surface area (TPSA) is 135 Å². The van der Waals surface area contributed by atoms with Gasteiger partial charge in [0.15, 0.2) is 0 Å². The fourth-order valence-electron chi connectivity index (χ4n) is 3.47. The molecule has 0 bridgehead atoms. The molecular weight excluding hydrogens is 518 g/mol. The summed E-state index contributed by atoms with van der Waals surface area (Å²) < 4.78 is 75.6. The molecule has 0 radical (unpaired) electrons. The van der Waals surface area contributed by atoms with Gasteiger partial charge in [-0.25, -0.2) is 19.6 Å². The number of hydrogen-bond acceptors (Lipinski definition) is 8. The predicted molar refractivity (Wildman–Crippen MR) is 112 cm³/mol. The Hall–Kier alpha value is -3.53. The highest BCUT2D eigenvalue weighted by atomic mass is 19.4. The van der Waals surface area contributed by atoms with E-state index >= 15 is 0 Å². The van der Waals surface area contributed by atoms with Crippen LogP contribution in [-0.2, 0) is 25.7 Å². The lowest BCUT2D eigenvalue weighted by atomic mass is 10.1. The van der Waals surface area contributed by atoms with E-state index in [4.69, 9.17) is 29.3 Å². The van der Waals surface area contributed by atoms with Gasteiger partial charge in [-0.1, -0.05) is 6.07 Å². The first-order valence-corrected chi connectivity index (χ1v) is 10.6. The van der Waals surface area contributed by atoms with E-state index < -0.39 is 24.3 Å². The zero-order valence-corrected chi connectivity index (χ0v) is 18.9. The van der Waals surface area contributed by atoms with E-state index in [-0.39, 0.29) is 12.2 Å². The minimum absolute atomic E-state index is 0.0872. The van der Waals surface area contributed by atoms with E-state index in [1.54, 1.807) is 18.6 Å². The Balaban J connectivity index is 0.000000286. The molecule has 2 fully saturated rings. The second kappa shape index (κ2) is 13.1. The van der Waals surface area contributed by atoms with E-state index in [1.165, 1.54) is 0 Å². The molecule has 3 heterocycles. The zero-order chi connectivity index (χ0) is 27.6. The fourth-order valence-corrected chi connectivity index (χ4v) is 3.47. The van der Waals surface area contributed by atoms with E-state index in [9.17, 15) is 26.3 Å². The second-order valence-corrected chi connectivity index (χ2v) is 7.54. The third-order valence-corrected chi connectivity index (χ3v) is 5.02. The Bertz CT molecular complexity index is 973. The smallest absolute Gasteiger partial charge is 0.475 e. The van der Waals surface area contributed by atoms with Crippen LogP contribution in [0.5, 0.6) is 0 Å². The van der Waals surface area contributed by atoms with Crippen molar-refractivity contribution < 1.29 is 55.6 Å². The van der Waals surface area contributed by atoms with Crippen molar-refractivity contribution in [3.05, 3.63) is 48.5 Å². The van der Waals surface area contributed by atoms with Gasteiger partial charge in [0.25, 0.3) is 0 Å². The van der Waals surface area contributed by atoms with Crippen LogP contribution in [0.1, 0.15) is 18.4 Å². The van der Waals surface area contributed by atoms with Gasteiger partial charge >= 0.3 is 24.3 Å². The molecule has 2 aliphatic rings. The number of carbonyl (C=O) groups is 2. The maximum absolute atomic E-state index is 10.6. The number of alkyl halides is 6. The van der Waals surface area contributed by atoms with Crippen molar-refractivity contribution in [2.45, 2.75) is 50.1 Å². The predicted octanol–water partition coefficient (Wildman–Crippen LogP) is 3.09. The number of morpholine rings is 1. The first kappa shape index (κ1) is 29.7. The quantitative estimate of drug-likeness (QED) is 0.557. The summed E-state index contributed by atoms with van der Waals surface area (Å²) in [5.74, 6) is -4.72. The van der Waals surface area contributed by atoms with Crippen LogP contribution >= 0.6 is 0 Å². The lowest BCUT2D eigenvalue weighted by Crippen LogP contribution is -2.52. The highest BCUT2D eigenvalue weighted by Gasteiger charge is 2.44. The zero-order valence-electron chi connectivity index (χ0n) is 18.9. The molecule has 1 saturated heterocycles. The first-order chi connectivity index (χ1) is 17.3. The van der Waals surface area contributed by atoms with Crippen LogP contribution in [0.15, 0.2) is 43.0 Å². The molecule has 2 aromatic heterocycles. The normalized spacial score (nSPS) is 21.0. The number of pyridine rings is 1. The van der Waals surface area contributed by atoms with Gasteiger partial charge in [-0.15, -0.1) is 0 Å². The number of nitrogens with zero attached hydrogens (tertiary/aromatic N) is 4. The third-order valence-electron chi connectivity index (χ3n) is 5.02. The molecule has 16 heteroatoms. The number of halogens is 6. The Morgan fingerprint density at radius 2 is 1.59 bits per heavy atom. The molecule has 3 atom stereocenters. The third kappa shape index (κ3) is 9.45. The van der Waals surface area contributed by atoms with Crippen molar-refractivity contribution in [1.29, 1.82) is 0 Å². The Morgan fingerprint density at radius 1 is 1.00 bits per heavy atom.